The van der Waals surface area contributed by atoms with E-state index in [2.05, 4.69) is 6.08 Å². The topological polar surface area (TPSA) is 37.3 Å². The number of rotatable bonds is 2. The summed E-state index contributed by atoms with van der Waals surface area (Å²) >= 11 is 6.17. The van der Waals surface area contributed by atoms with E-state index in [1.165, 1.54) is 18.4 Å². The molecule has 0 aromatic rings. The van der Waals surface area contributed by atoms with Crippen LogP contribution in [-0.2, 0) is 4.79 Å². The van der Waals surface area contributed by atoms with Gasteiger partial charge in [0, 0.05) is 11.3 Å². The molecular formula is C12H17ClO2. The van der Waals surface area contributed by atoms with Gasteiger partial charge in [-0.3, -0.25) is 4.79 Å². The second kappa shape index (κ2) is 3.24. The van der Waals surface area contributed by atoms with Crippen LogP contribution in [0.2, 0.25) is 0 Å². The van der Waals surface area contributed by atoms with E-state index in [1.807, 2.05) is 13.8 Å². The monoisotopic (exact) mass is 228 g/mol. The summed E-state index contributed by atoms with van der Waals surface area (Å²) in [4.78, 5) is 10.1. The molecule has 2 fully saturated rings. The number of hydrogen-bond donors (Lipinski definition) is 1. The average Bonchev–Trinajstić information content (AvgIpc) is 2.61. The average molecular weight is 229 g/mol. The van der Waals surface area contributed by atoms with Crippen molar-refractivity contribution in [3.05, 3.63) is 11.6 Å². The second-order valence-corrected chi connectivity index (χ2v) is 5.84. The minimum Gasteiger partial charge on any atom is -0.480 e. The number of halogens is 1. The lowest BCUT2D eigenvalue weighted by Gasteiger charge is -2.03. The fourth-order valence-electron chi connectivity index (χ4n) is 2.71. The first-order valence-electron chi connectivity index (χ1n) is 5.52. The molecule has 0 unspecified atom stereocenters. The maximum atomic E-state index is 11.1. The quantitative estimate of drug-likeness (QED) is 0.582. The van der Waals surface area contributed by atoms with Crippen molar-refractivity contribution < 1.29 is 9.90 Å². The van der Waals surface area contributed by atoms with E-state index in [4.69, 9.17) is 16.7 Å². The zero-order chi connectivity index (χ0) is 11.3. The van der Waals surface area contributed by atoms with Gasteiger partial charge >= 0.3 is 5.97 Å². The first kappa shape index (κ1) is 11.0. The smallest absolute Gasteiger partial charge is 0.325 e. The SMILES string of the molecule is CC1(C)[C@H](C=C2CCCC2)[C@]1(Cl)C(=O)O. The van der Waals surface area contributed by atoms with E-state index in [0.717, 1.165) is 12.8 Å². The van der Waals surface area contributed by atoms with E-state index < -0.39 is 10.8 Å². The van der Waals surface area contributed by atoms with Gasteiger partial charge in [0.15, 0.2) is 4.87 Å². The molecule has 15 heavy (non-hydrogen) atoms. The minimum atomic E-state index is -1.07. The number of alkyl halides is 1. The molecule has 3 heteroatoms. The number of aliphatic carboxylic acids is 1. The largest absolute Gasteiger partial charge is 0.480 e. The fraction of sp³-hybridized carbons (Fsp3) is 0.750. The molecule has 84 valence electrons. The van der Waals surface area contributed by atoms with Gasteiger partial charge in [0.1, 0.15) is 0 Å². The molecule has 0 saturated heterocycles. The number of carboxylic acid groups (broad SMARTS) is 1. The first-order chi connectivity index (χ1) is 6.90. The summed E-state index contributed by atoms with van der Waals surface area (Å²) in [6, 6.07) is 0. The molecule has 0 radical (unpaired) electrons. The Morgan fingerprint density at radius 3 is 2.40 bits per heavy atom. The molecule has 2 nitrogen and oxygen atoms in total. The Morgan fingerprint density at radius 1 is 1.47 bits per heavy atom. The van der Waals surface area contributed by atoms with E-state index in [1.54, 1.807) is 0 Å². The van der Waals surface area contributed by atoms with E-state index in [0.29, 0.717) is 0 Å². The summed E-state index contributed by atoms with van der Waals surface area (Å²) in [6.45, 7) is 3.87. The highest BCUT2D eigenvalue weighted by molar-refractivity contribution is 6.37. The summed E-state index contributed by atoms with van der Waals surface area (Å²) in [5, 5.41) is 9.13. The van der Waals surface area contributed by atoms with Crippen LogP contribution in [0.1, 0.15) is 39.5 Å². The predicted octanol–water partition coefficient (Wildman–Crippen LogP) is 3.21. The third-order valence-corrected chi connectivity index (χ3v) is 4.90. The number of carboxylic acids is 1. The van der Waals surface area contributed by atoms with Gasteiger partial charge in [-0.05, 0) is 25.7 Å². The Labute approximate surface area is 95.3 Å². The zero-order valence-corrected chi connectivity index (χ0v) is 9.97. The zero-order valence-electron chi connectivity index (χ0n) is 9.22. The van der Waals surface area contributed by atoms with Crippen LogP contribution in [0.25, 0.3) is 0 Å². The molecule has 0 amide bonds. The molecule has 0 aromatic carbocycles. The lowest BCUT2D eigenvalue weighted by Crippen LogP contribution is -2.21. The Morgan fingerprint density at radius 2 is 2.00 bits per heavy atom. The molecule has 2 rings (SSSR count). The highest BCUT2D eigenvalue weighted by Crippen LogP contribution is 2.67. The van der Waals surface area contributed by atoms with Gasteiger partial charge in [0.2, 0.25) is 0 Å². The summed E-state index contributed by atoms with van der Waals surface area (Å²) in [5.41, 5.74) is 1.09. The molecule has 2 saturated carbocycles. The molecule has 0 bridgehead atoms. The Bertz CT molecular complexity index is 325. The molecule has 0 aliphatic heterocycles. The van der Waals surface area contributed by atoms with Crippen LogP contribution in [0.15, 0.2) is 11.6 Å². The van der Waals surface area contributed by atoms with Gasteiger partial charge in [-0.2, -0.15) is 0 Å². The number of hydrogen-bond acceptors (Lipinski definition) is 1. The summed E-state index contributed by atoms with van der Waals surface area (Å²) in [7, 11) is 0. The van der Waals surface area contributed by atoms with Gasteiger partial charge in [0.05, 0.1) is 0 Å². The van der Waals surface area contributed by atoms with E-state index in [-0.39, 0.29) is 11.3 Å². The maximum absolute atomic E-state index is 11.1. The van der Waals surface area contributed by atoms with Gasteiger partial charge in [0.25, 0.3) is 0 Å². The van der Waals surface area contributed by atoms with Crippen LogP contribution in [0.5, 0.6) is 0 Å². The summed E-state index contributed by atoms with van der Waals surface area (Å²) in [5.74, 6) is -0.883. The predicted molar refractivity (Wildman–Crippen MR) is 60.0 cm³/mol. The molecule has 2 atom stereocenters. The first-order valence-corrected chi connectivity index (χ1v) is 5.90. The lowest BCUT2D eigenvalue weighted by atomic mass is 10.1. The van der Waals surface area contributed by atoms with Crippen LogP contribution >= 0.6 is 11.6 Å². The molecule has 0 aromatic heterocycles. The van der Waals surface area contributed by atoms with E-state index in [9.17, 15) is 4.79 Å². The van der Waals surface area contributed by atoms with Crippen molar-refractivity contribution in [2.75, 3.05) is 0 Å². The number of carbonyl (C=O) groups is 1. The van der Waals surface area contributed by atoms with Gasteiger partial charge in [-0.25, -0.2) is 0 Å². The van der Waals surface area contributed by atoms with Crippen molar-refractivity contribution in [1.82, 2.24) is 0 Å². The highest BCUT2D eigenvalue weighted by atomic mass is 35.5. The molecule has 1 N–H and O–H groups in total. The van der Waals surface area contributed by atoms with Gasteiger partial charge in [-0.15, -0.1) is 11.6 Å². The summed E-state index contributed by atoms with van der Waals surface area (Å²) < 4.78 is 0. The standard InChI is InChI=1S/C12H17ClO2/c1-11(2)9(12(11,13)10(14)15)7-8-5-3-4-6-8/h7,9H,3-6H2,1-2H3,(H,14,15)/t9-,12-/m0/s1. The van der Waals surface area contributed by atoms with Crippen LogP contribution in [0.3, 0.4) is 0 Å². The third-order valence-electron chi connectivity index (χ3n) is 4.02. The Balaban J connectivity index is 2.19. The normalized spacial score (nSPS) is 37.8. The molecule has 0 heterocycles. The van der Waals surface area contributed by atoms with Crippen LogP contribution in [0, 0.1) is 11.3 Å². The maximum Gasteiger partial charge on any atom is 0.325 e. The molecule has 2 aliphatic rings. The Kier molecular flexibility index (Phi) is 2.38. The van der Waals surface area contributed by atoms with Crippen LogP contribution in [-0.4, -0.2) is 16.0 Å². The van der Waals surface area contributed by atoms with Crippen molar-refractivity contribution in [1.29, 1.82) is 0 Å². The lowest BCUT2D eigenvalue weighted by molar-refractivity contribution is -0.138. The van der Waals surface area contributed by atoms with Crippen LogP contribution in [0.4, 0.5) is 0 Å². The van der Waals surface area contributed by atoms with Crippen molar-refractivity contribution in [2.24, 2.45) is 11.3 Å². The molecule has 2 aliphatic carbocycles. The van der Waals surface area contributed by atoms with Gasteiger partial charge in [-0.1, -0.05) is 25.5 Å². The molecular weight excluding hydrogens is 212 g/mol. The molecule has 0 spiro atoms. The van der Waals surface area contributed by atoms with Crippen LogP contribution < -0.4 is 0 Å². The van der Waals surface area contributed by atoms with Crippen molar-refractivity contribution >= 4 is 17.6 Å². The van der Waals surface area contributed by atoms with Crippen molar-refractivity contribution in [3.63, 3.8) is 0 Å². The van der Waals surface area contributed by atoms with Crippen molar-refractivity contribution in [2.45, 2.75) is 44.4 Å². The number of allylic oxidation sites excluding steroid dienone is 2. The fourth-order valence-corrected chi connectivity index (χ4v) is 3.11. The second-order valence-electron chi connectivity index (χ2n) is 5.25. The van der Waals surface area contributed by atoms with Crippen molar-refractivity contribution in [3.8, 4) is 0 Å². The highest BCUT2D eigenvalue weighted by Gasteiger charge is 2.74. The third kappa shape index (κ3) is 1.42. The summed E-state index contributed by atoms with van der Waals surface area (Å²) in [6.07, 6.45) is 6.84. The Hall–Kier alpha value is -0.500. The van der Waals surface area contributed by atoms with Gasteiger partial charge < -0.3 is 5.11 Å². The minimum absolute atomic E-state index is 0.00253. The van der Waals surface area contributed by atoms with E-state index >= 15 is 0 Å².